The summed E-state index contributed by atoms with van der Waals surface area (Å²) >= 11 is 0. The van der Waals surface area contributed by atoms with Crippen molar-refractivity contribution in [2.75, 3.05) is 19.7 Å². The van der Waals surface area contributed by atoms with E-state index in [1.807, 2.05) is 6.92 Å². The Morgan fingerprint density at radius 2 is 2.11 bits per heavy atom. The van der Waals surface area contributed by atoms with Gasteiger partial charge < -0.3 is 14.8 Å². The fourth-order valence-corrected chi connectivity index (χ4v) is 2.13. The van der Waals surface area contributed by atoms with E-state index in [0.29, 0.717) is 0 Å². The van der Waals surface area contributed by atoms with Gasteiger partial charge in [0.15, 0.2) is 11.6 Å². The van der Waals surface area contributed by atoms with Crippen LogP contribution in [0.3, 0.4) is 0 Å². The van der Waals surface area contributed by atoms with Gasteiger partial charge in [0.1, 0.15) is 12.4 Å². The van der Waals surface area contributed by atoms with Crippen molar-refractivity contribution >= 4 is 0 Å². The maximum absolute atomic E-state index is 13.3. The van der Waals surface area contributed by atoms with Crippen molar-refractivity contribution in [3.63, 3.8) is 0 Å². The molecule has 1 N–H and O–H groups in total. The van der Waals surface area contributed by atoms with E-state index in [4.69, 9.17) is 9.47 Å². The SMILES string of the molecule is CCNCC1CCC(COc2cc(F)ccc2F)O1. The van der Waals surface area contributed by atoms with Gasteiger partial charge in [-0.25, -0.2) is 8.78 Å². The molecular weight excluding hydrogens is 252 g/mol. The average molecular weight is 271 g/mol. The first-order chi connectivity index (χ1) is 9.19. The number of halogens is 2. The molecule has 0 aliphatic carbocycles. The minimum Gasteiger partial charge on any atom is -0.488 e. The van der Waals surface area contributed by atoms with E-state index in [-0.39, 0.29) is 24.6 Å². The van der Waals surface area contributed by atoms with Crippen LogP contribution in [0.2, 0.25) is 0 Å². The number of hydrogen-bond acceptors (Lipinski definition) is 3. The van der Waals surface area contributed by atoms with E-state index < -0.39 is 11.6 Å². The standard InChI is InChI=1S/C14H19F2NO2/c1-2-17-8-11-4-5-12(19-11)9-18-14-7-10(15)3-6-13(14)16/h3,6-7,11-12,17H,2,4-5,8-9H2,1H3. The molecular formula is C14H19F2NO2. The summed E-state index contributed by atoms with van der Waals surface area (Å²) in [6, 6.07) is 3.19. The molecule has 2 rings (SSSR count). The Hall–Kier alpha value is -1.20. The monoisotopic (exact) mass is 271 g/mol. The third-order valence-electron chi connectivity index (χ3n) is 3.14. The lowest BCUT2D eigenvalue weighted by Gasteiger charge is -2.15. The van der Waals surface area contributed by atoms with Crippen molar-refractivity contribution in [3.8, 4) is 5.75 Å². The maximum atomic E-state index is 13.3. The number of ether oxygens (including phenoxy) is 2. The van der Waals surface area contributed by atoms with Gasteiger partial charge in [-0.05, 0) is 31.5 Å². The Morgan fingerprint density at radius 1 is 1.32 bits per heavy atom. The maximum Gasteiger partial charge on any atom is 0.165 e. The number of rotatable bonds is 6. The van der Waals surface area contributed by atoms with Crippen LogP contribution in [0.15, 0.2) is 18.2 Å². The Labute approximate surface area is 111 Å². The van der Waals surface area contributed by atoms with Crippen LogP contribution in [0, 0.1) is 11.6 Å². The lowest BCUT2D eigenvalue weighted by Crippen LogP contribution is -2.28. The second-order valence-corrected chi connectivity index (χ2v) is 4.65. The molecule has 1 saturated heterocycles. The summed E-state index contributed by atoms with van der Waals surface area (Å²) in [5, 5.41) is 3.23. The van der Waals surface area contributed by atoms with Gasteiger partial charge >= 0.3 is 0 Å². The summed E-state index contributed by atoms with van der Waals surface area (Å²) in [7, 11) is 0. The Kier molecular flexibility index (Phi) is 5.10. The molecule has 1 aromatic rings. The first-order valence-electron chi connectivity index (χ1n) is 6.63. The van der Waals surface area contributed by atoms with Crippen LogP contribution in [0.5, 0.6) is 5.75 Å². The lowest BCUT2D eigenvalue weighted by atomic mass is 10.2. The van der Waals surface area contributed by atoms with Crippen molar-refractivity contribution < 1.29 is 18.3 Å². The minimum absolute atomic E-state index is 0.0497. The van der Waals surface area contributed by atoms with Gasteiger partial charge in [0.05, 0.1) is 12.2 Å². The molecule has 1 aromatic carbocycles. The molecule has 0 bridgehead atoms. The first-order valence-corrected chi connectivity index (χ1v) is 6.63. The molecule has 1 heterocycles. The molecule has 106 valence electrons. The third kappa shape index (κ3) is 4.14. The van der Waals surface area contributed by atoms with Gasteiger partial charge in [0, 0.05) is 12.6 Å². The molecule has 5 heteroatoms. The summed E-state index contributed by atoms with van der Waals surface area (Å²) in [4.78, 5) is 0. The molecule has 19 heavy (non-hydrogen) atoms. The van der Waals surface area contributed by atoms with Gasteiger partial charge in [-0.2, -0.15) is 0 Å². The average Bonchev–Trinajstić information content (AvgIpc) is 2.85. The van der Waals surface area contributed by atoms with Gasteiger partial charge in [0.2, 0.25) is 0 Å². The molecule has 2 atom stereocenters. The zero-order valence-corrected chi connectivity index (χ0v) is 11.0. The largest absolute Gasteiger partial charge is 0.488 e. The van der Waals surface area contributed by atoms with Gasteiger partial charge in [0.25, 0.3) is 0 Å². The normalized spacial score (nSPS) is 22.7. The van der Waals surface area contributed by atoms with Crippen LogP contribution in [0.4, 0.5) is 8.78 Å². The van der Waals surface area contributed by atoms with Crippen molar-refractivity contribution in [3.05, 3.63) is 29.8 Å². The van der Waals surface area contributed by atoms with Crippen LogP contribution >= 0.6 is 0 Å². The van der Waals surface area contributed by atoms with E-state index in [0.717, 1.165) is 44.1 Å². The molecule has 1 aliphatic heterocycles. The third-order valence-corrected chi connectivity index (χ3v) is 3.14. The molecule has 0 aromatic heterocycles. The second kappa shape index (κ2) is 6.82. The first kappa shape index (κ1) is 14.2. The molecule has 0 amide bonds. The Balaban J connectivity index is 1.78. The molecule has 0 spiro atoms. The fourth-order valence-electron chi connectivity index (χ4n) is 2.13. The van der Waals surface area contributed by atoms with E-state index in [2.05, 4.69) is 5.32 Å². The number of likely N-dealkylation sites (N-methyl/N-ethyl adjacent to an activating group) is 1. The molecule has 0 saturated carbocycles. The predicted molar refractivity (Wildman–Crippen MR) is 68.3 cm³/mol. The fraction of sp³-hybridized carbons (Fsp3) is 0.571. The Morgan fingerprint density at radius 3 is 2.89 bits per heavy atom. The van der Waals surface area contributed by atoms with Crippen molar-refractivity contribution in [1.29, 1.82) is 0 Å². The van der Waals surface area contributed by atoms with Gasteiger partial charge in [-0.3, -0.25) is 0 Å². The van der Waals surface area contributed by atoms with Crippen LogP contribution < -0.4 is 10.1 Å². The summed E-state index contributed by atoms with van der Waals surface area (Å²) in [5.41, 5.74) is 0. The van der Waals surface area contributed by atoms with E-state index in [1.54, 1.807) is 0 Å². The molecule has 1 fully saturated rings. The summed E-state index contributed by atoms with van der Waals surface area (Å²) < 4.78 is 37.4. The van der Waals surface area contributed by atoms with Gasteiger partial charge in [-0.1, -0.05) is 6.92 Å². The quantitative estimate of drug-likeness (QED) is 0.862. The smallest absolute Gasteiger partial charge is 0.165 e. The second-order valence-electron chi connectivity index (χ2n) is 4.65. The zero-order valence-electron chi connectivity index (χ0n) is 11.0. The van der Waals surface area contributed by atoms with Crippen LogP contribution in [-0.4, -0.2) is 31.9 Å². The summed E-state index contributed by atoms with van der Waals surface area (Å²) in [6.07, 6.45) is 1.98. The van der Waals surface area contributed by atoms with Crippen LogP contribution in [0.1, 0.15) is 19.8 Å². The van der Waals surface area contributed by atoms with E-state index >= 15 is 0 Å². The summed E-state index contributed by atoms with van der Waals surface area (Å²) in [6.45, 7) is 4.03. The van der Waals surface area contributed by atoms with Gasteiger partial charge in [-0.15, -0.1) is 0 Å². The number of benzene rings is 1. The summed E-state index contributed by atoms with van der Waals surface area (Å²) in [5.74, 6) is -1.11. The molecule has 2 unspecified atom stereocenters. The Bertz CT molecular complexity index is 414. The topological polar surface area (TPSA) is 30.5 Å². The van der Waals surface area contributed by atoms with Crippen LogP contribution in [0.25, 0.3) is 0 Å². The molecule has 3 nitrogen and oxygen atoms in total. The zero-order chi connectivity index (χ0) is 13.7. The van der Waals surface area contributed by atoms with E-state index in [9.17, 15) is 8.78 Å². The minimum atomic E-state index is -0.552. The highest BCUT2D eigenvalue weighted by Crippen LogP contribution is 2.22. The van der Waals surface area contributed by atoms with Crippen molar-refractivity contribution in [2.24, 2.45) is 0 Å². The van der Waals surface area contributed by atoms with Crippen molar-refractivity contribution in [2.45, 2.75) is 32.0 Å². The highest BCUT2D eigenvalue weighted by Gasteiger charge is 2.25. The molecule has 0 radical (unpaired) electrons. The highest BCUT2D eigenvalue weighted by molar-refractivity contribution is 5.24. The van der Waals surface area contributed by atoms with E-state index in [1.165, 1.54) is 0 Å². The predicted octanol–water partition coefficient (Wildman–Crippen LogP) is 2.50. The number of hydrogen-bond donors (Lipinski definition) is 1. The van der Waals surface area contributed by atoms with Crippen LogP contribution in [-0.2, 0) is 4.74 Å². The highest BCUT2D eigenvalue weighted by atomic mass is 19.1. The number of nitrogens with one attached hydrogen (secondary N) is 1. The molecule has 1 aliphatic rings. The van der Waals surface area contributed by atoms with Crippen molar-refractivity contribution in [1.82, 2.24) is 5.32 Å². The lowest BCUT2D eigenvalue weighted by molar-refractivity contribution is 0.0180.